The van der Waals surface area contributed by atoms with E-state index in [1.165, 1.54) is 5.56 Å². The lowest BCUT2D eigenvalue weighted by Gasteiger charge is -2.29. The summed E-state index contributed by atoms with van der Waals surface area (Å²) in [4.78, 5) is 15.2. The van der Waals surface area contributed by atoms with E-state index in [9.17, 15) is 4.79 Å². The van der Waals surface area contributed by atoms with Gasteiger partial charge in [0.05, 0.1) is 20.8 Å². The summed E-state index contributed by atoms with van der Waals surface area (Å²) in [7, 11) is 3.30. The van der Waals surface area contributed by atoms with Crippen LogP contribution >= 0.6 is 0 Å². The molecule has 5 aromatic rings. The van der Waals surface area contributed by atoms with Gasteiger partial charge in [0.1, 0.15) is 28.7 Å². The van der Waals surface area contributed by atoms with E-state index in [4.69, 9.17) is 30.1 Å². The molecule has 0 aliphatic heterocycles. The number of nitrogens with two attached hydrogens (primary N) is 1. The molecule has 0 fully saturated rings. The first kappa shape index (κ1) is 29.7. The number of methoxy groups -OCH3 is 2. The molecule has 3 N–H and O–H groups in total. The lowest BCUT2D eigenvalue weighted by atomic mass is 9.87. The number of fused-ring (bicyclic) bond motifs is 1. The standard InChI is InChI=1S/C34H39N5O4/c1-34(2,43-33(35)40)20-25(18-26-21-36-29-13-9-8-12-28(26)29)32-38-37-31(17-14-23-10-6-5-7-11-23)39(32)22-24-15-16-27(41-3)19-30(24)42-4/h5-13,15-16,19,21,25,36H,14,17-18,20,22H2,1-4H3,(H2,35,40)/t25-/m1/s1. The number of hydrogen-bond acceptors (Lipinski definition) is 6. The van der Waals surface area contributed by atoms with Gasteiger partial charge in [0.25, 0.3) is 0 Å². The van der Waals surface area contributed by atoms with Gasteiger partial charge in [-0.15, -0.1) is 10.2 Å². The molecule has 2 heterocycles. The minimum Gasteiger partial charge on any atom is -0.497 e. The fourth-order valence-electron chi connectivity index (χ4n) is 5.79. The molecule has 0 aliphatic carbocycles. The van der Waals surface area contributed by atoms with Crippen LogP contribution in [0.5, 0.6) is 11.5 Å². The minimum atomic E-state index is -0.832. The van der Waals surface area contributed by atoms with Crippen LogP contribution in [0.15, 0.2) is 79.0 Å². The van der Waals surface area contributed by atoms with Crippen molar-refractivity contribution in [3.05, 3.63) is 107 Å². The second-order valence-corrected chi connectivity index (χ2v) is 11.4. The number of carbonyl (C=O) groups excluding carboxylic acids is 1. The van der Waals surface area contributed by atoms with Crippen LogP contribution < -0.4 is 15.2 Å². The van der Waals surface area contributed by atoms with E-state index >= 15 is 0 Å². The molecule has 0 saturated heterocycles. The van der Waals surface area contributed by atoms with Crippen LogP contribution in [-0.4, -0.2) is 45.7 Å². The number of nitrogens with zero attached hydrogens (tertiary/aromatic N) is 3. The maximum absolute atomic E-state index is 11.8. The highest BCUT2D eigenvalue weighted by atomic mass is 16.6. The number of nitrogens with one attached hydrogen (secondary N) is 1. The number of aryl methyl sites for hydroxylation is 2. The fraction of sp³-hybridized carbons (Fsp3) is 0.324. The number of amides is 1. The molecule has 0 aliphatic rings. The highest BCUT2D eigenvalue weighted by Crippen LogP contribution is 2.34. The quantitative estimate of drug-likeness (QED) is 0.171. The van der Waals surface area contributed by atoms with Crippen molar-refractivity contribution < 1.29 is 19.0 Å². The van der Waals surface area contributed by atoms with Gasteiger partial charge in [-0.2, -0.15) is 0 Å². The predicted octanol–water partition coefficient (Wildman–Crippen LogP) is 6.20. The highest BCUT2D eigenvalue weighted by Gasteiger charge is 2.32. The Morgan fingerprint density at radius 3 is 2.47 bits per heavy atom. The molecular formula is C34H39N5O4. The van der Waals surface area contributed by atoms with E-state index in [-0.39, 0.29) is 5.92 Å². The number of primary amides is 1. The number of para-hydroxylation sites is 1. The summed E-state index contributed by atoms with van der Waals surface area (Å²) >= 11 is 0. The van der Waals surface area contributed by atoms with Crippen molar-refractivity contribution in [2.75, 3.05) is 14.2 Å². The average Bonchev–Trinajstić information content (AvgIpc) is 3.59. The van der Waals surface area contributed by atoms with E-state index in [0.717, 1.165) is 51.6 Å². The molecule has 0 radical (unpaired) electrons. The zero-order chi connectivity index (χ0) is 30.4. The number of rotatable bonds is 13. The summed E-state index contributed by atoms with van der Waals surface area (Å²) in [6.45, 7) is 4.26. The number of H-pyrrole nitrogens is 1. The molecule has 0 spiro atoms. The fourth-order valence-corrected chi connectivity index (χ4v) is 5.79. The molecule has 5 rings (SSSR count). The highest BCUT2D eigenvalue weighted by molar-refractivity contribution is 5.83. The normalized spacial score (nSPS) is 12.3. The Morgan fingerprint density at radius 2 is 1.72 bits per heavy atom. The zero-order valence-electron chi connectivity index (χ0n) is 25.2. The van der Waals surface area contributed by atoms with Crippen LogP contribution in [0.1, 0.15) is 54.5 Å². The number of hydrogen-bond donors (Lipinski definition) is 2. The molecule has 1 amide bonds. The Morgan fingerprint density at radius 1 is 0.953 bits per heavy atom. The molecule has 3 aromatic carbocycles. The number of aromatic nitrogens is 4. The Hall–Kier alpha value is -4.79. The van der Waals surface area contributed by atoms with Crippen molar-refractivity contribution in [2.45, 2.75) is 57.6 Å². The predicted molar refractivity (Wildman–Crippen MR) is 167 cm³/mol. The van der Waals surface area contributed by atoms with Crippen molar-refractivity contribution in [2.24, 2.45) is 5.73 Å². The lowest BCUT2D eigenvalue weighted by molar-refractivity contribution is 0.0328. The molecule has 1 atom stereocenters. The van der Waals surface area contributed by atoms with Gasteiger partial charge in [0.2, 0.25) is 0 Å². The lowest BCUT2D eigenvalue weighted by Crippen LogP contribution is -2.34. The zero-order valence-corrected chi connectivity index (χ0v) is 25.2. The number of benzene rings is 3. The summed E-state index contributed by atoms with van der Waals surface area (Å²) in [6, 6.07) is 24.4. The Kier molecular flexibility index (Phi) is 8.99. The van der Waals surface area contributed by atoms with Crippen molar-refractivity contribution in [3.63, 3.8) is 0 Å². The molecule has 0 unspecified atom stereocenters. The van der Waals surface area contributed by atoms with E-state index in [0.29, 0.717) is 25.8 Å². The second-order valence-electron chi connectivity index (χ2n) is 11.4. The third-order valence-electron chi connectivity index (χ3n) is 7.78. The SMILES string of the molecule is COc1ccc(Cn2c(CCc3ccccc3)nnc2[C@H](Cc2c[nH]c3ccccc23)CC(C)(C)OC(N)=O)c(OC)c1. The first-order chi connectivity index (χ1) is 20.8. The molecule has 9 nitrogen and oxygen atoms in total. The molecule has 0 bridgehead atoms. The molecule has 224 valence electrons. The molecular weight excluding hydrogens is 542 g/mol. The monoisotopic (exact) mass is 581 g/mol. The third-order valence-corrected chi connectivity index (χ3v) is 7.78. The Labute approximate surface area is 252 Å². The smallest absolute Gasteiger partial charge is 0.405 e. The van der Waals surface area contributed by atoms with Gasteiger partial charge < -0.3 is 29.5 Å². The first-order valence-electron chi connectivity index (χ1n) is 14.5. The third kappa shape index (κ3) is 7.17. The van der Waals surface area contributed by atoms with Crippen LogP contribution in [0.25, 0.3) is 10.9 Å². The Balaban J connectivity index is 1.57. The number of aromatic amines is 1. The molecule has 2 aromatic heterocycles. The van der Waals surface area contributed by atoms with Gasteiger partial charge in [-0.3, -0.25) is 0 Å². The first-order valence-corrected chi connectivity index (χ1v) is 14.5. The summed E-state index contributed by atoms with van der Waals surface area (Å²) in [5.74, 6) is 2.98. The van der Waals surface area contributed by atoms with Crippen molar-refractivity contribution in [1.29, 1.82) is 0 Å². The largest absolute Gasteiger partial charge is 0.497 e. The van der Waals surface area contributed by atoms with E-state index in [1.54, 1.807) is 14.2 Å². The van der Waals surface area contributed by atoms with Gasteiger partial charge in [0, 0.05) is 41.1 Å². The molecule has 9 heteroatoms. The van der Waals surface area contributed by atoms with Crippen molar-refractivity contribution >= 4 is 17.0 Å². The van der Waals surface area contributed by atoms with Gasteiger partial charge in [-0.1, -0.05) is 48.5 Å². The van der Waals surface area contributed by atoms with E-state index in [2.05, 4.69) is 33.8 Å². The van der Waals surface area contributed by atoms with Gasteiger partial charge in [-0.05, 0) is 62.4 Å². The summed E-state index contributed by atoms with van der Waals surface area (Å²) in [6.07, 6.45) is 3.92. The van der Waals surface area contributed by atoms with Crippen LogP contribution in [0, 0.1) is 0 Å². The van der Waals surface area contributed by atoms with E-state index in [1.807, 2.05) is 68.6 Å². The van der Waals surface area contributed by atoms with Crippen LogP contribution in [0.3, 0.4) is 0 Å². The minimum absolute atomic E-state index is 0.143. The maximum atomic E-state index is 11.8. The van der Waals surface area contributed by atoms with Gasteiger partial charge in [0.15, 0.2) is 0 Å². The summed E-state index contributed by atoms with van der Waals surface area (Å²) in [5.41, 5.74) is 9.06. The Bertz CT molecular complexity index is 1670. The number of ether oxygens (including phenoxy) is 3. The van der Waals surface area contributed by atoms with Gasteiger partial charge >= 0.3 is 6.09 Å². The summed E-state index contributed by atoms with van der Waals surface area (Å²) < 4.78 is 18.9. The second kappa shape index (κ2) is 13.0. The van der Waals surface area contributed by atoms with Crippen LogP contribution in [0.2, 0.25) is 0 Å². The average molecular weight is 582 g/mol. The van der Waals surface area contributed by atoms with Gasteiger partial charge in [-0.25, -0.2) is 4.79 Å². The van der Waals surface area contributed by atoms with E-state index < -0.39 is 11.7 Å². The maximum Gasteiger partial charge on any atom is 0.405 e. The van der Waals surface area contributed by atoms with Crippen LogP contribution in [-0.2, 0) is 30.5 Å². The molecule has 0 saturated carbocycles. The number of carbonyl (C=O) groups is 1. The van der Waals surface area contributed by atoms with Crippen molar-refractivity contribution in [1.82, 2.24) is 19.7 Å². The topological polar surface area (TPSA) is 117 Å². The van der Waals surface area contributed by atoms with Crippen LogP contribution in [0.4, 0.5) is 4.79 Å². The van der Waals surface area contributed by atoms with Crippen molar-refractivity contribution in [3.8, 4) is 11.5 Å². The molecule has 43 heavy (non-hydrogen) atoms. The summed E-state index contributed by atoms with van der Waals surface area (Å²) in [5, 5.41) is 10.7.